The molecule has 3 saturated heterocycles. The summed E-state index contributed by atoms with van der Waals surface area (Å²) in [7, 11) is 0. The Labute approximate surface area is 152 Å². The zero-order chi connectivity index (χ0) is 27.2. The highest BCUT2D eigenvalue weighted by Crippen LogP contribution is 2.41. The third-order valence-electron chi connectivity index (χ3n) is 4.50. The first-order valence-electron chi connectivity index (χ1n) is 14.4. The molecule has 1 aromatic carbocycles. The Morgan fingerprint density at radius 1 is 1.32 bits per heavy atom. The molecule has 4 aliphatic heterocycles. The summed E-state index contributed by atoms with van der Waals surface area (Å²) in [4.78, 5) is 15.3. The lowest BCUT2D eigenvalue weighted by Gasteiger charge is -2.51. The van der Waals surface area contributed by atoms with Crippen molar-refractivity contribution < 1.29 is 24.0 Å². The Hall–Kier alpha value is -1.35. The number of carbonyl (C=O) groups excluding carboxylic acids is 1. The van der Waals surface area contributed by atoms with Crippen molar-refractivity contribution >= 4 is 5.91 Å². The molecule has 2 bridgehead atoms. The second kappa shape index (κ2) is 4.82. The van der Waals surface area contributed by atoms with Gasteiger partial charge in [-0.25, -0.2) is 0 Å². The third kappa shape index (κ3) is 1.81. The molecule has 0 N–H and O–H groups in total. The second-order valence-corrected chi connectivity index (χ2v) is 5.76. The highest BCUT2D eigenvalue weighted by atomic mass is 16.2. The largest absolute Gasteiger partial charge is 0.333 e. The molecule has 22 heavy (non-hydrogen) atoms. The van der Waals surface area contributed by atoms with Gasteiger partial charge in [0.25, 0.3) is 5.91 Å². The summed E-state index contributed by atoms with van der Waals surface area (Å²) in [6, 6.07) is 2.05. The van der Waals surface area contributed by atoms with Gasteiger partial charge in [-0.2, -0.15) is 0 Å². The first-order chi connectivity index (χ1) is 16.1. The molecule has 5 aliphatic rings. The maximum absolute atomic E-state index is 13.8. The van der Waals surface area contributed by atoms with Gasteiger partial charge in [-0.05, 0) is 68.0 Å². The molecule has 3 fully saturated rings. The zero-order valence-corrected chi connectivity index (χ0v) is 11.7. The smallest absolute Gasteiger partial charge is 0.254 e. The van der Waals surface area contributed by atoms with Gasteiger partial charge in [-0.1, -0.05) is 12.1 Å². The molecule has 2 unspecified atom stereocenters. The fourth-order valence-corrected chi connectivity index (χ4v) is 3.41. The molecule has 0 aromatic heterocycles. The van der Waals surface area contributed by atoms with E-state index >= 15 is 0 Å². The SMILES string of the molecule is [2H]C1CN2C[C@@H](N3C(=O)c4cccc5c4[C@@]([2H])(C3([2H])[2H])C([2H])([2H])C([2H])([2H])C5([2H])[2H])[C@@H]1C([2H])([2H])C2([2H])[2H]. The van der Waals surface area contributed by atoms with Crippen LogP contribution in [0.25, 0.3) is 0 Å². The van der Waals surface area contributed by atoms with Gasteiger partial charge in [0.2, 0.25) is 0 Å². The molecule has 4 heterocycles. The van der Waals surface area contributed by atoms with Crippen LogP contribution in [0.1, 0.15) is 72.1 Å². The van der Waals surface area contributed by atoms with Crippen LogP contribution in [0.4, 0.5) is 0 Å². The highest BCUT2D eigenvalue weighted by molar-refractivity contribution is 5.97. The number of nitrogens with zero attached hydrogens (tertiary/aromatic N) is 2. The van der Waals surface area contributed by atoms with Gasteiger partial charge in [0, 0.05) is 47.0 Å². The van der Waals surface area contributed by atoms with Gasteiger partial charge < -0.3 is 9.80 Å². The first-order valence-corrected chi connectivity index (χ1v) is 7.28. The van der Waals surface area contributed by atoms with Gasteiger partial charge in [0.1, 0.15) is 0 Å². The minimum Gasteiger partial charge on any atom is -0.333 e. The average Bonchev–Trinajstić information content (AvgIpc) is 2.74. The van der Waals surface area contributed by atoms with Crippen LogP contribution in [0, 0.1) is 5.92 Å². The molecule has 1 aromatic rings. The van der Waals surface area contributed by atoms with E-state index < -0.39 is 85.3 Å². The molecule has 1 amide bonds. The van der Waals surface area contributed by atoms with E-state index in [1.54, 1.807) is 0 Å². The summed E-state index contributed by atoms with van der Waals surface area (Å²) >= 11 is 0. The molecule has 6 rings (SSSR count). The number of benzene rings is 1. The predicted molar refractivity (Wildman–Crippen MR) is 86.1 cm³/mol. The van der Waals surface area contributed by atoms with E-state index in [1.165, 1.54) is 12.1 Å². The van der Waals surface area contributed by atoms with Gasteiger partial charge in [0.05, 0.1) is 2.74 Å². The minimum absolute atomic E-state index is 0.172. The van der Waals surface area contributed by atoms with Crippen LogP contribution in [-0.2, 0) is 6.37 Å². The van der Waals surface area contributed by atoms with E-state index in [1.807, 2.05) is 0 Å². The van der Waals surface area contributed by atoms with Crippen LogP contribution in [-0.4, -0.2) is 47.8 Å². The Morgan fingerprint density at radius 3 is 3.18 bits per heavy atom. The van der Waals surface area contributed by atoms with Crippen molar-refractivity contribution in [1.29, 1.82) is 0 Å². The number of carbonyl (C=O) groups is 1. The van der Waals surface area contributed by atoms with Crippen LogP contribution in [0.2, 0.25) is 0 Å². The molecule has 0 spiro atoms. The monoisotopic (exact) mass is 310 g/mol. The Morgan fingerprint density at radius 2 is 2.27 bits per heavy atom. The molecule has 1 aliphatic carbocycles. The van der Waals surface area contributed by atoms with E-state index in [9.17, 15) is 6.17 Å². The standard InChI is InChI=1S/C19H24N2O/c22-19-16-6-2-4-14-3-1-5-15(18(14)16)11-21(19)17-12-20-9-7-13(17)8-10-20/h2,4,6,13,15,17H,1,3,5,7-12H2/t15-,17-/m1/s1/i1D2,3D2,5D2,7D,8D2,10D2,11D2,15D/t7?,13-,15+,17+/m0. The van der Waals surface area contributed by atoms with Crippen molar-refractivity contribution in [2.24, 2.45) is 5.92 Å². The number of fused-ring (bicyclic) bond motifs is 3. The van der Waals surface area contributed by atoms with Crippen molar-refractivity contribution in [3.63, 3.8) is 0 Å². The summed E-state index contributed by atoms with van der Waals surface area (Å²) in [6.07, 6.45) is -13.9. The van der Waals surface area contributed by atoms with E-state index in [0.29, 0.717) is 4.90 Å². The summed E-state index contributed by atoms with van der Waals surface area (Å²) in [5.41, 5.74) is -1.50. The lowest BCUT2D eigenvalue weighted by atomic mass is 9.75. The summed E-state index contributed by atoms with van der Waals surface area (Å²) in [5, 5.41) is 0. The van der Waals surface area contributed by atoms with Gasteiger partial charge in [-0.15, -0.1) is 0 Å². The summed E-state index contributed by atoms with van der Waals surface area (Å²) in [6.45, 7) is -6.39. The molecular formula is C19H24N2O. The summed E-state index contributed by atoms with van der Waals surface area (Å²) in [5.74, 6) is -5.77. The topological polar surface area (TPSA) is 23.6 Å². The lowest BCUT2D eigenvalue weighted by molar-refractivity contribution is 0.00258. The quantitative estimate of drug-likeness (QED) is 0.796. The molecular weight excluding hydrogens is 272 g/mol. The lowest BCUT2D eigenvalue weighted by Crippen LogP contribution is -2.60. The third-order valence-corrected chi connectivity index (χ3v) is 4.50. The van der Waals surface area contributed by atoms with Crippen molar-refractivity contribution in [1.82, 2.24) is 9.80 Å². The van der Waals surface area contributed by atoms with E-state index in [2.05, 4.69) is 0 Å². The maximum atomic E-state index is 13.8. The van der Waals surface area contributed by atoms with Crippen molar-refractivity contribution in [3.05, 3.63) is 34.9 Å². The van der Waals surface area contributed by atoms with E-state index in [0.717, 1.165) is 11.0 Å². The fraction of sp³-hybridized carbons (Fsp3) is 0.632. The first kappa shape index (κ1) is 5.34. The summed E-state index contributed by atoms with van der Waals surface area (Å²) < 4.78 is 120. The Kier molecular flexibility index (Phi) is 1.17. The molecule has 5 atom stereocenters. The van der Waals surface area contributed by atoms with Crippen molar-refractivity contribution in [3.8, 4) is 0 Å². The van der Waals surface area contributed by atoms with Gasteiger partial charge >= 0.3 is 0 Å². The Balaban J connectivity index is 1.80. The Bertz CT molecular complexity index is 1170. The van der Waals surface area contributed by atoms with Crippen LogP contribution in [0.3, 0.4) is 0 Å². The second-order valence-electron chi connectivity index (χ2n) is 5.76. The number of amides is 1. The average molecular weight is 310 g/mol. The predicted octanol–water partition coefficient (Wildman–Crippen LogP) is 2.66. The zero-order valence-electron chi connectivity index (χ0n) is 25.7. The van der Waals surface area contributed by atoms with E-state index in [-0.39, 0.29) is 13.1 Å². The van der Waals surface area contributed by atoms with Crippen LogP contribution < -0.4 is 0 Å². The van der Waals surface area contributed by atoms with Crippen molar-refractivity contribution in [2.75, 3.05) is 26.1 Å². The highest BCUT2D eigenvalue weighted by Gasteiger charge is 2.43. The van der Waals surface area contributed by atoms with E-state index in [4.69, 9.17) is 17.8 Å². The molecule has 116 valence electrons. The number of hydrogen-bond donors (Lipinski definition) is 0. The normalized spacial score (nSPS) is 66.2. The number of aryl methyl sites for hydroxylation is 1. The fourth-order valence-electron chi connectivity index (χ4n) is 3.41. The van der Waals surface area contributed by atoms with Gasteiger partial charge in [0.15, 0.2) is 0 Å². The minimum atomic E-state index is -3.52. The van der Waals surface area contributed by atoms with Crippen LogP contribution in [0.5, 0.6) is 0 Å². The molecule has 0 saturated carbocycles. The molecule has 3 nitrogen and oxygen atoms in total. The van der Waals surface area contributed by atoms with Crippen LogP contribution in [0.15, 0.2) is 18.2 Å². The maximum Gasteiger partial charge on any atom is 0.254 e. The molecule has 3 heteroatoms. The van der Waals surface area contributed by atoms with Crippen molar-refractivity contribution in [2.45, 2.75) is 43.8 Å². The van der Waals surface area contributed by atoms with Crippen LogP contribution >= 0.6 is 0 Å². The number of piperidine rings is 3. The number of rotatable bonds is 1. The number of hydrogen-bond acceptors (Lipinski definition) is 2. The van der Waals surface area contributed by atoms with Gasteiger partial charge in [-0.3, -0.25) is 4.79 Å². The molecule has 0 radical (unpaired) electrons.